The van der Waals surface area contributed by atoms with E-state index in [1.807, 2.05) is 0 Å². The number of rotatable bonds is 6. The van der Waals surface area contributed by atoms with Gasteiger partial charge in [0.2, 0.25) is 0 Å². The Balaban J connectivity index is 2.34. The number of carbonyl (C=O) groups excluding carboxylic acids is 1. The van der Waals surface area contributed by atoms with E-state index in [1.165, 1.54) is 25.1 Å². The number of benzene rings is 2. The molecule has 8 nitrogen and oxygen atoms in total. The maximum absolute atomic E-state index is 11.9. The monoisotopic (exact) mass is 396 g/mol. The predicted molar refractivity (Wildman–Crippen MR) is 89.0 cm³/mol. The molecule has 0 aromatic heterocycles. The SMILES string of the molecule is COc1ccc(Nc2ccc([As](=O)(O)OO)c(NC(C)=O)c2)cc1. The van der Waals surface area contributed by atoms with Crippen molar-refractivity contribution >= 4 is 41.5 Å². The van der Waals surface area contributed by atoms with Gasteiger partial charge in [-0.15, -0.1) is 0 Å². The van der Waals surface area contributed by atoms with Crippen LogP contribution in [0.2, 0.25) is 0 Å². The molecule has 2 aromatic rings. The molecule has 0 heterocycles. The van der Waals surface area contributed by atoms with Crippen molar-refractivity contribution in [3.63, 3.8) is 0 Å². The van der Waals surface area contributed by atoms with Crippen LogP contribution in [0.4, 0.5) is 17.1 Å². The summed E-state index contributed by atoms with van der Waals surface area (Å²) < 4.78 is 30.2. The van der Waals surface area contributed by atoms with Crippen molar-refractivity contribution in [2.75, 3.05) is 17.7 Å². The van der Waals surface area contributed by atoms with Crippen LogP contribution in [0.5, 0.6) is 5.75 Å². The zero-order valence-electron chi connectivity index (χ0n) is 13.0. The first kappa shape index (κ1) is 18.1. The van der Waals surface area contributed by atoms with Crippen LogP contribution in [-0.4, -0.2) is 36.5 Å². The van der Waals surface area contributed by atoms with Gasteiger partial charge < -0.3 is 0 Å². The summed E-state index contributed by atoms with van der Waals surface area (Å²) in [6.45, 7) is 1.27. The van der Waals surface area contributed by atoms with Crippen LogP contribution < -0.4 is 19.7 Å². The molecule has 1 amide bonds. The summed E-state index contributed by atoms with van der Waals surface area (Å²) in [5, 5.41) is 14.2. The minimum atomic E-state index is -5.11. The van der Waals surface area contributed by atoms with Crippen molar-refractivity contribution in [1.29, 1.82) is 0 Å². The molecule has 0 fully saturated rings. The molecule has 0 aliphatic carbocycles. The molecule has 2 rings (SSSR count). The van der Waals surface area contributed by atoms with Gasteiger partial charge in [-0.3, -0.25) is 0 Å². The third-order valence-electron chi connectivity index (χ3n) is 3.10. The number of ether oxygens (including phenoxy) is 1. The van der Waals surface area contributed by atoms with Gasteiger partial charge in [0.05, 0.1) is 0 Å². The van der Waals surface area contributed by atoms with Crippen molar-refractivity contribution in [1.82, 2.24) is 0 Å². The summed E-state index contributed by atoms with van der Waals surface area (Å²) in [7, 11) is 1.57. The van der Waals surface area contributed by atoms with E-state index in [2.05, 4.69) is 14.5 Å². The molecular weight excluding hydrogens is 379 g/mol. The van der Waals surface area contributed by atoms with Gasteiger partial charge >= 0.3 is 141 Å². The zero-order valence-corrected chi connectivity index (χ0v) is 14.9. The Morgan fingerprint density at radius 1 is 1.12 bits per heavy atom. The van der Waals surface area contributed by atoms with Gasteiger partial charge in [0, 0.05) is 0 Å². The Bertz CT molecular complexity index is 778. The van der Waals surface area contributed by atoms with E-state index >= 15 is 0 Å². The second-order valence-corrected chi connectivity index (χ2v) is 8.41. The van der Waals surface area contributed by atoms with E-state index in [-0.39, 0.29) is 10.0 Å². The fourth-order valence-electron chi connectivity index (χ4n) is 2.03. The fourth-order valence-corrected chi connectivity index (χ4v) is 3.66. The molecule has 0 bridgehead atoms. The van der Waals surface area contributed by atoms with Gasteiger partial charge in [-0.2, -0.15) is 0 Å². The summed E-state index contributed by atoms with van der Waals surface area (Å²) in [6.07, 6.45) is 0. The fraction of sp³-hybridized carbons (Fsp3) is 0.133. The van der Waals surface area contributed by atoms with Crippen LogP contribution in [0.25, 0.3) is 0 Å². The quantitative estimate of drug-likeness (QED) is 0.332. The predicted octanol–water partition coefficient (Wildman–Crippen LogP) is 1.46. The van der Waals surface area contributed by atoms with Crippen LogP contribution in [-0.2, 0) is 12.4 Å². The van der Waals surface area contributed by atoms with Crippen molar-refractivity contribution < 1.29 is 26.5 Å². The summed E-state index contributed by atoms with van der Waals surface area (Å²) in [6, 6.07) is 11.5. The van der Waals surface area contributed by atoms with Gasteiger partial charge in [-0.25, -0.2) is 0 Å². The van der Waals surface area contributed by atoms with E-state index in [0.29, 0.717) is 11.4 Å². The molecule has 9 heteroatoms. The van der Waals surface area contributed by atoms with Crippen molar-refractivity contribution in [2.24, 2.45) is 0 Å². The number of anilines is 3. The van der Waals surface area contributed by atoms with Crippen molar-refractivity contribution in [3.8, 4) is 5.75 Å². The van der Waals surface area contributed by atoms with Gasteiger partial charge in [0.15, 0.2) is 0 Å². The van der Waals surface area contributed by atoms with Crippen LogP contribution in [0.15, 0.2) is 42.5 Å². The Labute approximate surface area is 141 Å². The molecule has 1 unspecified atom stereocenters. The molecule has 4 N–H and O–H groups in total. The average molecular weight is 396 g/mol. The number of nitrogens with one attached hydrogen (secondary N) is 2. The second-order valence-electron chi connectivity index (χ2n) is 4.87. The van der Waals surface area contributed by atoms with Gasteiger partial charge in [0.25, 0.3) is 0 Å². The van der Waals surface area contributed by atoms with E-state index in [0.717, 1.165) is 5.69 Å². The first-order valence-corrected chi connectivity index (χ1v) is 10.2. The van der Waals surface area contributed by atoms with Crippen molar-refractivity contribution in [3.05, 3.63) is 42.5 Å². The topological polar surface area (TPSA) is 117 Å². The summed E-state index contributed by atoms with van der Waals surface area (Å²) in [4.78, 5) is 11.3. The Kier molecular flexibility index (Phi) is 5.69. The van der Waals surface area contributed by atoms with Crippen LogP contribution in [0.3, 0.4) is 0 Å². The third-order valence-corrected chi connectivity index (χ3v) is 5.66. The van der Waals surface area contributed by atoms with Crippen LogP contribution >= 0.6 is 0 Å². The molecule has 1 atom stereocenters. The molecule has 0 spiro atoms. The molecule has 128 valence electrons. The van der Waals surface area contributed by atoms with E-state index in [4.69, 9.17) is 9.99 Å². The molecule has 0 aliphatic rings. The van der Waals surface area contributed by atoms with Gasteiger partial charge in [-0.05, 0) is 0 Å². The van der Waals surface area contributed by atoms with Crippen molar-refractivity contribution in [2.45, 2.75) is 6.92 Å². The summed E-state index contributed by atoms with van der Waals surface area (Å²) in [5.41, 5.74) is 1.41. The molecule has 0 radical (unpaired) electrons. The second kappa shape index (κ2) is 7.55. The third kappa shape index (κ3) is 4.39. The Hall–Kier alpha value is -2.25. The molecule has 0 saturated heterocycles. The number of hydrogen-bond acceptors (Lipinski definition) is 6. The first-order chi connectivity index (χ1) is 11.4. The number of carbonyl (C=O) groups is 1. The summed E-state index contributed by atoms with van der Waals surface area (Å²) >= 11 is -5.11. The molecule has 24 heavy (non-hydrogen) atoms. The molecular formula is C15H17AsN2O6. The van der Waals surface area contributed by atoms with E-state index in [1.54, 1.807) is 31.4 Å². The van der Waals surface area contributed by atoms with E-state index in [9.17, 15) is 12.6 Å². The first-order valence-electron chi connectivity index (χ1n) is 6.85. The van der Waals surface area contributed by atoms with E-state index < -0.39 is 20.1 Å². The number of hydrogen-bond donors (Lipinski definition) is 4. The van der Waals surface area contributed by atoms with Crippen LogP contribution in [0.1, 0.15) is 6.92 Å². The number of amides is 1. The maximum atomic E-state index is 11.9. The average Bonchev–Trinajstić information content (AvgIpc) is 2.55. The molecule has 2 aromatic carbocycles. The van der Waals surface area contributed by atoms with Gasteiger partial charge in [0.1, 0.15) is 0 Å². The Morgan fingerprint density at radius 2 is 1.75 bits per heavy atom. The number of methoxy groups -OCH3 is 1. The van der Waals surface area contributed by atoms with Gasteiger partial charge in [-0.1, -0.05) is 0 Å². The Morgan fingerprint density at radius 3 is 2.29 bits per heavy atom. The summed E-state index contributed by atoms with van der Waals surface area (Å²) in [5.74, 6) is 0.282. The zero-order chi connectivity index (χ0) is 17.7. The standard InChI is InChI=1S/C15H17AsN2O6/c1-10(19)17-15-9-12(5-8-14(15)16(20,21)24-22)18-11-3-6-13(23-2)7-4-11/h3-9,18,22H,1-2H3,(H,17,19)(H,20,21). The molecule has 0 saturated carbocycles. The molecule has 0 aliphatic heterocycles. The minimum absolute atomic E-state index is 0.0834. The van der Waals surface area contributed by atoms with Crippen LogP contribution in [0, 0.1) is 0 Å². The normalized spacial score (nSPS) is 13.0.